The van der Waals surface area contributed by atoms with E-state index in [0.717, 1.165) is 11.6 Å². The van der Waals surface area contributed by atoms with Crippen molar-refractivity contribution in [3.05, 3.63) is 69.6 Å². The number of benzene rings is 2. The van der Waals surface area contributed by atoms with Gasteiger partial charge in [0.15, 0.2) is 11.6 Å². The molecule has 2 aromatic carbocycles. The highest BCUT2D eigenvalue weighted by Gasteiger charge is 2.28. The number of nitrogens with zero attached hydrogens (tertiary/aromatic N) is 1. The third-order valence-electron chi connectivity index (χ3n) is 5.94. The van der Waals surface area contributed by atoms with Gasteiger partial charge in [-0.2, -0.15) is 8.78 Å². The summed E-state index contributed by atoms with van der Waals surface area (Å²) in [4.78, 5) is 2.34. The van der Waals surface area contributed by atoms with Gasteiger partial charge in [-0.05, 0) is 72.7 Å². The second-order valence-electron chi connectivity index (χ2n) is 8.27. The Bertz CT molecular complexity index is 1150. The van der Waals surface area contributed by atoms with Crippen molar-refractivity contribution in [3.63, 3.8) is 0 Å². The Balaban J connectivity index is 1.34. The van der Waals surface area contributed by atoms with Crippen LogP contribution in [-0.4, -0.2) is 39.1 Å². The van der Waals surface area contributed by atoms with Crippen LogP contribution in [0.25, 0.3) is 6.08 Å². The molecule has 1 aliphatic carbocycles. The van der Waals surface area contributed by atoms with Crippen LogP contribution in [0.4, 0.5) is 17.6 Å². The SMILES string of the molecule is O=S(=O)(NC1CCN(Cc2ccc(F)c(F)c2)CC1)C1=Cc2ccc(OC(F)F)cc2CC1. The Hall–Kier alpha value is -2.43. The van der Waals surface area contributed by atoms with Crippen molar-refractivity contribution in [1.82, 2.24) is 9.62 Å². The van der Waals surface area contributed by atoms with E-state index in [9.17, 15) is 26.0 Å². The molecule has 0 saturated carbocycles. The van der Waals surface area contributed by atoms with Gasteiger partial charge >= 0.3 is 6.61 Å². The number of likely N-dealkylation sites (tertiary alicyclic amines) is 1. The molecule has 2 aromatic rings. The maximum atomic E-state index is 13.4. The van der Waals surface area contributed by atoms with Crippen LogP contribution in [0.15, 0.2) is 41.3 Å². The molecule has 0 amide bonds. The van der Waals surface area contributed by atoms with Crippen molar-refractivity contribution < 1.29 is 30.7 Å². The van der Waals surface area contributed by atoms with Crippen LogP contribution in [0.2, 0.25) is 0 Å². The molecule has 0 atom stereocenters. The first-order chi connectivity index (χ1) is 15.7. The fourth-order valence-corrected chi connectivity index (χ4v) is 5.71. The number of rotatable bonds is 7. The van der Waals surface area contributed by atoms with Crippen LogP contribution < -0.4 is 9.46 Å². The lowest BCUT2D eigenvalue weighted by atomic mass is 9.97. The molecule has 178 valence electrons. The van der Waals surface area contributed by atoms with Gasteiger partial charge in [0.05, 0.1) is 4.91 Å². The molecule has 2 aliphatic rings. The van der Waals surface area contributed by atoms with E-state index in [0.29, 0.717) is 50.0 Å². The molecule has 1 heterocycles. The monoisotopic (exact) mass is 484 g/mol. The van der Waals surface area contributed by atoms with Gasteiger partial charge in [-0.15, -0.1) is 0 Å². The molecule has 1 aliphatic heterocycles. The molecule has 0 spiro atoms. The van der Waals surface area contributed by atoms with Crippen molar-refractivity contribution in [2.45, 2.75) is 44.9 Å². The largest absolute Gasteiger partial charge is 0.435 e. The number of ether oxygens (including phenoxy) is 1. The lowest BCUT2D eigenvalue weighted by molar-refractivity contribution is -0.0498. The third kappa shape index (κ3) is 5.93. The first-order valence-corrected chi connectivity index (χ1v) is 12.1. The Labute approximate surface area is 190 Å². The van der Waals surface area contributed by atoms with Crippen molar-refractivity contribution in [1.29, 1.82) is 0 Å². The van der Waals surface area contributed by atoms with Gasteiger partial charge in [-0.25, -0.2) is 21.9 Å². The Morgan fingerprint density at radius 3 is 2.48 bits per heavy atom. The molecule has 0 radical (unpaired) electrons. The summed E-state index contributed by atoms with van der Waals surface area (Å²) in [6.45, 7) is -1.19. The first-order valence-electron chi connectivity index (χ1n) is 10.7. The van der Waals surface area contributed by atoms with Crippen LogP contribution in [-0.2, 0) is 23.0 Å². The number of sulfonamides is 1. The second-order valence-corrected chi connectivity index (χ2v) is 10.0. The topological polar surface area (TPSA) is 58.6 Å². The molecule has 1 fully saturated rings. The summed E-state index contributed by atoms with van der Waals surface area (Å²) in [7, 11) is -3.69. The van der Waals surface area contributed by atoms with E-state index in [1.807, 2.05) is 0 Å². The summed E-state index contributed by atoms with van der Waals surface area (Å²) in [5.41, 5.74) is 2.10. The number of allylic oxidation sites excluding steroid dienone is 1. The highest BCUT2D eigenvalue weighted by molar-refractivity contribution is 7.93. The zero-order valence-corrected chi connectivity index (χ0v) is 18.6. The minimum Gasteiger partial charge on any atom is -0.435 e. The van der Waals surface area contributed by atoms with E-state index in [4.69, 9.17) is 0 Å². The number of nitrogens with one attached hydrogen (secondary N) is 1. The van der Waals surface area contributed by atoms with E-state index in [-0.39, 0.29) is 23.1 Å². The minimum absolute atomic E-state index is 0.0525. The van der Waals surface area contributed by atoms with E-state index in [1.54, 1.807) is 18.2 Å². The van der Waals surface area contributed by atoms with Crippen LogP contribution in [0.5, 0.6) is 5.75 Å². The molecule has 1 saturated heterocycles. The van der Waals surface area contributed by atoms with Gasteiger partial charge in [0.1, 0.15) is 5.75 Å². The summed E-state index contributed by atoms with van der Waals surface area (Å²) >= 11 is 0. The first kappa shape index (κ1) is 23.7. The van der Waals surface area contributed by atoms with Gasteiger partial charge in [0.2, 0.25) is 10.0 Å². The maximum Gasteiger partial charge on any atom is 0.387 e. The molecule has 33 heavy (non-hydrogen) atoms. The van der Waals surface area contributed by atoms with Gasteiger partial charge in [-0.3, -0.25) is 4.90 Å². The van der Waals surface area contributed by atoms with Gasteiger partial charge in [-0.1, -0.05) is 12.1 Å². The highest BCUT2D eigenvalue weighted by atomic mass is 32.2. The number of hydrogen-bond acceptors (Lipinski definition) is 4. The smallest absolute Gasteiger partial charge is 0.387 e. The highest BCUT2D eigenvalue weighted by Crippen LogP contribution is 2.30. The molecule has 0 aromatic heterocycles. The molecule has 4 rings (SSSR count). The van der Waals surface area contributed by atoms with Crippen LogP contribution in [0.3, 0.4) is 0 Å². The molecular formula is C23H24F4N2O3S. The van der Waals surface area contributed by atoms with E-state index < -0.39 is 28.3 Å². The van der Waals surface area contributed by atoms with Gasteiger partial charge < -0.3 is 4.74 Å². The van der Waals surface area contributed by atoms with Crippen molar-refractivity contribution in [3.8, 4) is 5.75 Å². The molecule has 1 N–H and O–H groups in total. The van der Waals surface area contributed by atoms with Crippen molar-refractivity contribution in [2.75, 3.05) is 13.1 Å². The Morgan fingerprint density at radius 1 is 1.03 bits per heavy atom. The maximum absolute atomic E-state index is 13.4. The third-order valence-corrected chi connectivity index (χ3v) is 7.60. The van der Waals surface area contributed by atoms with Crippen LogP contribution in [0, 0.1) is 11.6 Å². The molecule has 5 nitrogen and oxygen atoms in total. The van der Waals surface area contributed by atoms with Crippen LogP contribution >= 0.6 is 0 Å². The quantitative estimate of drug-likeness (QED) is 0.591. The number of fused-ring (bicyclic) bond motifs is 1. The predicted molar refractivity (Wildman–Crippen MR) is 116 cm³/mol. The lowest BCUT2D eigenvalue weighted by Crippen LogP contribution is -2.44. The molecule has 0 unspecified atom stereocenters. The Morgan fingerprint density at radius 2 is 1.79 bits per heavy atom. The minimum atomic E-state index is -3.69. The number of halogens is 4. The average Bonchev–Trinajstić information content (AvgIpc) is 2.76. The van der Waals surface area contributed by atoms with Crippen molar-refractivity contribution in [2.24, 2.45) is 0 Å². The molecule has 0 bridgehead atoms. The average molecular weight is 485 g/mol. The molecular weight excluding hydrogens is 460 g/mol. The van der Waals surface area contributed by atoms with Crippen LogP contribution in [0.1, 0.15) is 36.0 Å². The summed E-state index contributed by atoms with van der Waals surface area (Å²) < 4.78 is 84.3. The zero-order chi connectivity index (χ0) is 23.6. The van der Waals surface area contributed by atoms with Crippen molar-refractivity contribution >= 4 is 16.1 Å². The zero-order valence-electron chi connectivity index (χ0n) is 17.7. The predicted octanol–water partition coefficient (Wildman–Crippen LogP) is 4.44. The number of aryl methyl sites for hydroxylation is 1. The van der Waals surface area contributed by atoms with Gasteiger partial charge in [0.25, 0.3) is 0 Å². The van der Waals surface area contributed by atoms with E-state index >= 15 is 0 Å². The summed E-state index contributed by atoms with van der Waals surface area (Å²) in [5, 5.41) is 0. The number of alkyl halides is 2. The summed E-state index contributed by atoms with van der Waals surface area (Å²) in [6, 6.07) is 8.10. The number of piperidine rings is 1. The van der Waals surface area contributed by atoms with Gasteiger partial charge in [0, 0.05) is 25.7 Å². The standard InChI is InChI=1S/C23H24F4N2O3S/c24-21-6-1-15(11-22(21)25)14-29-9-7-18(8-10-29)28-33(30,31)20-5-3-16-12-19(32-23(26)27)4-2-17(16)13-20/h1-2,4,6,11-13,18,23,28H,3,5,7-10,14H2. The fraction of sp³-hybridized carbons (Fsp3) is 0.391. The van der Waals surface area contributed by atoms with E-state index in [2.05, 4.69) is 14.4 Å². The normalized spacial score (nSPS) is 17.7. The number of hydrogen-bond donors (Lipinski definition) is 1. The summed E-state index contributed by atoms with van der Waals surface area (Å²) in [5.74, 6) is -1.71. The second kappa shape index (κ2) is 9.82. The Kier molecular flexibility index (Phi) is 7.06. The molecule has 10 heteroatoms. The summed E-state index contributed by atoms with van der Waals surface area (Å²) in [6.07, 6.45) is 3.46. The lowest BCUT2D eigenvalue weighted by Gasteiger charge is -2.32. The fourth-order valence-electron chi connectivity index (χ4n) is 4.23. The van der Waals surface area contributed by atoms with E-state index in [1.165, 1.54) is 18.2 Å².